The number of halogens is 1. The number of benzene rings is 1. The highest BCUT2D eigenvalue weighted by Gasteiger charge is 2.09. The Balaban J connectivity index is 1.68. The van der Waals surface area contributed by atoms with Crippen molar-refractivity contribution in [2.75, 3.05) is 5.73 Å². The van der Waals surface area contributed by atoms with Crippen molar-refractivity contribution >= 4 is 32.4 Å². The summed E-state index contributed by atoms with van der Waals surface area (Å²) in [6, 6.07) is 8.05. The van der Waals surface area contributed by atoms with Crippen LogP contribution in [-0.4, -0.2) is 15.1 Å². The molecule has 0 aliphatic rings. The molecule has 5 nitrogen and oxygen atoms in total. The number of hydrogen-bond donors (Lipinski definition) is 1. The molecular weight excluding hydrogens is 340 g/mol. The average Bonchev–Trinajstić information content (AvgIpc) is 3.02. The Morgan fingerprint density at radius 1 is 1.15 bits per heavy atom. The fourth-order valence-electron chi connectivity index (χ4n) is 1.78. The van der Waals surface area contributed by atoms with E-state index in [1.165, 1.54) is 11.3 Å². The highest BCUT2D eigenvalue weighted by molar-refractivity contribution is 9.10. The molecule has 20 heavy (non-hydrogen) atoms. The Morgan fingerprint density at radius 3 is 2.65 bits per heavy atom. The van der Waals surface area contributed by atoms with Gasteiger partial charge in [-0.15, -0.1) is 11.3 Å². The molecule has 0 saturated carbocycles. The van der Waals surface area contributed by atoms with E-state index in [0.29, 0.717) is 29.7 Å². The van der Waals surface area contributed by atoms with Gasteiger partial charge >= 0.3 is 0 Å². The summed E-state index contributed by atoms with van der Waals surface area (Å²) < 4.78 is 6.28. The van der Waals surface area contributed by atoms with Gasteiger partial charge in [0.2, 0.25) is 5.89 Å². The highest BCUT2D eigenvalue weighted by Crippen LogP contribution is 2.16. The molecule has 1 aromatic carbocycles. The van der Waals surface area contributed by atoms with Crippen molar-refractivity contribution in [3.05, 3.63) is 57.1 Å². The number of aromatic nitrogens is 3. The van der Waals surface area contributed by atoms with Gasteiger partial charge in [0.15, 0.2) is 11.0 Å². The van der Waals surface area contributed by atoms with Crippen molar-refractivity contribution in [1.29, 1.82) is 0 Å². The molecule has 0 aliphatic carbocycles. The van der Waals surface area contributed by atoms with Crippen LogP contribution in [0.1, 0.15) is 23.0 Å². The zero-order valence-corrected chi connectivity index (χ0v) is 12.8. The molecule has 0 atom stereocenters. The van der Waals surface area contributed by atoms with E-state index in [0.717, 1.165) is 15.7 Å². The van der Waals surface area contributed by atoms with Crippen LogP contribution in [0, 0.1) is 0 Å². The maximum atomic E-state index is 5.59. The molecule has 0 unspecified atom stereocenters. The molecule has 3 rings (SSSR count). The maximum absolute atomic E-state index is 5.59. The Labute approximate surface area is 128 Å². The van der Waals surface area contributed by atoms with Crippen LogP contribution >= 0.6 is 27.3 Å². The predicted octanol–water partition coefficient (Wildman–Crippen LogP) is 3.05. The van der Waals surface area contributed by atoms with Gasteiger partial charge in [-0.2, -0.15) is 4.98 Å². The second-order valence-electron chi connectivity index (χ2n) is 4.26. The number of nitrogen functional groups attached to an aromatic ring is 1. The third kappa shape index (κ3) is 3.23. The van der Waals surface area contributed by atoms with E-state index in [2.05, 4.69) is 31.1 Å². The zero-order chi connectivity index (χ0) is 13.9. The van der Waals surface area contributed by atoms with Crippen LogP contribution in [0.5, 0.6) is 0 Å². The lowest BCUT2D eigenvalue weighted by Gasteiger charge is -1.96. The van der Waals surface area contributed by atoms with Crippen LogP contribution in [-0.2, 0) is 12.8 Å². The molecule has 0 saturated heterocycles. The number of thiazole rings is 1. The van der Waals surface area contributed by atoms with E-state index in [1.807, 2.05) is 29.6 Å². The third-order valence-corrected chi connectivity index (χ3v) is 3.94. The molecule has 0 aliphatic heterocycles. The maximum Gasteiger partial charge on any atom is 0.232 e. The second-order valence-corrected chi connectivity index (χ2v) is 6.07. The molecule has 0 bridgehead atoms. The van der Waals surface area contributed by atoms with E-state index in [1.54, 1.807) is 0 Å². The summed E-state index contributed by atoms with van der Waals surface area (Å²) in [7, 11) is 0. The molecule has 7 heteroatoms. The number of nitrogens with zero attached hydrogens (tertiary/aromatic N) is 3. The van der Waals surface area contributed by atoms with Crippen molar-refractivity contribution in [2.24, 2.45) is 0 Å². The molecule has 3 aromatic rings. The monoisotopic (exact) mass is 350 g/mol. The lowest BCUT2D eigenvalue weighted by atomic mass is 10.1. The lowest BCUT2D eigenvalue weighted by molar-refractivity contribution is 0.379. The number of hydrogen-bond acceptors (Lipinski definition) is 6. The Bertz CT molecular complexity index is 707. The SMILES string of the molecule is Nc1nc(Cc2nc(Cc3ccc(Br)cc3)no2)cs1. The normalized spacial score (nSPS) is 10.8. The van der Waals surface area contributed by atoms with Crippen LogP contribution in [0.4, 0.5) is 5.13 Å². The van der Waals surface area contributed by atoms with Crippen LogP contribution in [0.3, 0.4) is 0 Å². The average molecular weight is 351 g/mol. The van der Waals surface area contributed by atoms with Gasteiger partial charge in [-0.05, 0) is 17.7 Å². The fourth-order valence-corrected chi connectivity index (χ4v) is 2.60. The van der Waals surface area contributed by atoms with Gasteiger partial charge in [0.25, 0.3) is 0 Å². The highest BCUT2D eigenvalue weighted by atomic mass is 79.9. The number of nitrogens with two attached hydrogens (primary N) is 1. The van der Waals surface area contributed by atoms with Gasteiger partial charge in [-0.1, -0.05) is 33.2 Å². The van der Waals surface area contributed by atoms with Crippen molar-refractivity contribution in [2.45, 2.75) is 12.8 Å². The van der Waals surface area contributed by atoms with E-state index in [-0.39, 0.29) is 0 Å². The first-order chi connectivity index (χ1) is 9.69. The first-order valence-electron chi connectivity index (χ1n) is 5.95. The standard InChI is InChI=1S/C13H11BrN4OS/c14-9-3-1-8(2-4-9)5-11-17-12(19-18-11)6-10-7-20-13(15)16-10/h1-4,7H,5-6H2,(H2,15,16). The van der Waals surface area contributed by atoms with E-state index >= 15 is 0 Å². The first-order valence-corrected chi connectivity index (χ1v) is 7.62. The Morgan fingerprint density at radius 2 is 1.95 bits per heavy atom. The topological polar surface area (TPSA) is 77.8 Å². The van der Waals surface area contributed by atoms with Crippen LogP contribution < -0.4 is 5.73 Å². The second kappa shape index (κ2) is 5.72. The van der Waals surface area contributed by atoms with E-state index < -0.39 is 0 Å². The van der Waals surface area contributed by atoms with Crippen LogP contribution in [0.15, 0.2) is 38.6 Å². The zero-order valence-electron chi connectivity index (χ0n) is 10.4. The summed E-state index contributed by atoms with van der Waals surface area (Å²) in [4.78, 5) is 8.54. The molecule has 0 radical (unpaired) electrons. The van der Waals surface area contributed by atoms with E-state index in [4.69, 9.17) is 10.3 Å². The molecule has 102 valence electrons. The minimum Gasteiger partial charge on any atom is -0.375 e. The summed E-state index contributed by atoms with van der Waals surface area (Å²) in [6.07, 6.45) is 1.16. The summed E-state index contributed by atoms with van der Waals surface area (Å²) in [5, 5.41) is 6.43. The van der Waals surface area contributed by atoms with Gasteiger partial charge in [0.05, 0.1) is 12.1 Å². The minimum absolute atomic E-state index is 0.515. The van der Waals surface area contributed by atoms with Crippen molar-refractivity contribution in [3.8, 4) is 0 Å². The quantitative estimate of drug-likeness (QED) is 0.782. The summed E-state index contributed by atoms with van der Waals surface area (Å²) in [5.74, 6) is 1.23. The van der Waals surface area contributed by atoms with Gasteiger partial charge < -0.3 is 10.3 Å². The first kappa shape index (κ1) is 13.3. The molecular formula is C13H11BrN4OS. The summed E-state index contributed by atoms with van der Waals surface area (Å²) in [5.41, 5.74) is 7.58. The lowest BCUT2D eigenvalue weighted by Crippen LogP contribution is -1.93. The number of rotatable bonds is 4. The summed E-state index contributed by atoms with van der Waals surface area (Å²) >= 11 is 4.81. The van der Waals surface area contributed by atoms with Crippen molar-refractivity contribution in [3.63, 3.8) is 0 Å². The Hall–Kier alpha value is -1.73. The molecule has 0 amide bonds. The molecule has 0 spiro atoms. The number of anilines is 1. The molecule has 2 heterocycles. The van der Waals surface area contributed by atoms with Crippen LogP contribution in [0.2, 0.25) is 0 Å². The minimum atomic E-state index is 0.515. The predicted molar refractivity (Wildman–Crippen MR) is 80.6 cm³/mol. The Kier molecular flexibility index (Phi) is 3.79. The molecule has 2 aromatic heterocycles. The van der Waals surface area contributed by atoms with Gasteiger partial charge in [-0.3, -0.25) is 0 Å². The van der Waals surface area contributed by atoms with Crippen molar-refractivity contribution < 1.29 is 4.52 Å². The van der Waals surface area contributed by atoms with Gasteiger partial charge in [0.1, 0.15) is 0 Å². The summed E-state index contributed by atoms with van der Waals surface area (Å²) in [6.45, 7) is 0. The van der Waals surface area contributed by atoms with Gasteiger partial charge in [-0.25, -0.2) is 4.98 Å². The largest absolute Gasteiger partial charge is 0.375 e. The molecule has 2 N–H and O–H groups in total. The smallest absolute Gasteiger partial charge is 0.232 e. The third-order valence-electron chi connectivity index (χ3n) is 2.69. The van der Waals surface area contributed by atoms with Gasteiger partial charge in [0, 0.05) is 16.3 Å². The van der Waals surface area contributed by atoms with Crippen LogP contribution in [0.25, 0.3) is 0 Å². The van der Waals surface area contributed by atoms with E-state index in [9.17, 15) is 0 Å². The van der Waals surface area contributed by atoms with Crippen molar-refractivity contribution in [1.82, 2.24) is 15.1 Å². The fraction of sp³-hybridized carbons (Fsp3) is 0.154. The molecule has 0 fully saturated rings.